The van der Waals surface area contributed by atoms with Crippen LogP contribution < -0.4 is 5.73 Å². The highest BCUT2D eigenvalue weighted by Crippen LogP contribution is 2.44. The Morgan fingerprint density at radius 1 is 1.46 bits per heavy atom. The molecule has 0 heterocycles. The molecule has 1 aromatic rings. The maximum Gasteiger partial charge on any atom is 0.0991 e. The van der Waals surface area contributed by atoms with Crippen molar-refractivity contribution in [3.05, 3.63) is 34.9 Å². The van der Waals surface area contributed by atoms with Gasteiger partial charge in [0.15, 0.2) is 0 Å². The molecule has 2 heteroatoms. The molecule has 2 rings (SSSR count). The van der Waals surface area contributed by atoms with E-state index in [9.17, 15) is 0 Å². The van der Waals surface area contributed by atoms with Gasteiger partial charge in [0.25, 0.3) is 0 Å². The third-order valence-electron chi connectivity index (χ3n) is 2.69. The lowest BCUT2D eigenvalue weighted by Crippen LogP contribution is -2.20. The fourth-order valence-electron chi connectivity index (χ4n) is 1.63. The lowest BCUT2D eigenvalue weighted by Gasteiger charge is -2.12. The second kappa shape index (κ2) is 2.58. The van der Waals surface area contributed by atoms with E-state index in [2.05, 4.69) is 6.07 Å². The summed E-state index contributed by atoms with van der Waals surface area (Å²) in [5.74, 6) is 0. The van der Waals surface area contributed by atoms with E-state index in [1.54, 1.807) is 0 Å². The van der Waals surface area contributed by atoms with E-state index in [0.29, 0.717) is 5.56 Å². The van der Waals surface area contributed by atoms with Crippen molar-refractivity contribution < 1.29 is 0 Å². The van der Waals surface area contributed by atoms with E-state index < -0.39 is 0 Å². The van der Waals surface area contributed by atoms with Gasteiger partial charge in [0.1, 0.15) is 0 Å². The smallest absolute Gasteiger partial charge is 0.0991 e. The first-order chi connectivity index (χ1) is 6.15. The molecule has 0 atom stereocenters. The van der Waals surface area contributed by atoms with Gasteiger partial charge in [0.05, 0.1) is 11.6 Å². The topological polar surface area (TPSA) is 49.8 Å². The Morgan fingerprint density at radius 2 is 2.15 bits per heavy atom. The monoisotopic (exact) mass is 172 g/mol. The summed E-state index contributed by atoms with van der Waals surface area (Å²) in [6.45, 7) is 2.05. The molecule has 0 aromatic heterocycles. The maximum atomic E-state index is 8.75. The van der Waals surface area contributed by atoms with Crippen LogP contribution >= 0.6 is 0 Å². The third-order valence-corrected chi connectivity index (χ3v) is 2.69. The van der Waals surface area contributed by atoms with Gasteiger partial charge in [-0.3, -0.25) is 0 Å². The Kier molecular flexibility index (Phi) is 1.64. The molecule has 0 radical (unpaired) electrons. The summed E-state index contributed by atoms with van der Waals surface area (Å²) in [4.78, 5) is 0. The zero-order valence-electron chi connectivity index (χ0n) is 7.67. The average molecular weight is 172 g/mol. The van der Waals surface area contributed by atoms with Crippen LogP contribution in [0.15, 0.2) is 18.2 Å². The molecule has 66 valence electrons. The first-order valence-electron chi connectivity index (χ1n) is 4.46. The normalized spacial score (nSPS) is 17.9. The van der Waals surface area contributed by atoms with E-state index in [-0.39, 0.29) is 5.54 Å². The molecule has 2 N–H and O–H groups in total. The van der Waals surface area contributed by atoms with Gasteiger partial charge in [0.2, 0.25) is 0 Å². The van der Waals surface area contributed by atoms with Gasteiger partial charge in [-0.25, -0.2) is 0 Å². The van der Waals surface area contributed by atoms with Crippen LogP contribution in [0.4, 0.5) is 0 Å². The lowest BCUT2D eigenvalue weighted by molar-refractivity contribution is 0.733. The van der Waals surface area contributed by atoms with Crippen molar-refractivity contribution in [3.63, 3.8) is 0 Å². The molecule has 0 aliphatic heterocycles. The molecule has 0 amide bonds. The summed E-state index contributed by atoms with van der Waals surface area (Å²) >= 11 is 0. The minimum absolute atomic E-state index is 0.128. The van der Waals surface area contributed by atoms with Crippen LogP contribution in [0.3, 0.4) is 0 Å². The highest BCUT2D eigenvalue weighted by Gasteiger charge is 2.40. The van der Waals surface area contributed by atoms with Crippen molar-refractivity contribution in [2.75, 3.05) is 0 Å². The molecule has 2 nitrogen and oxygen atoms in total. The first-order valence-corrected chi connectivity index (χ1v) is 4.46. The molecule has 1 aromatic carbocycles. The van der Waals surface area contributed by atoms with Crippen molar-refractivity contribution in [2.24, 2.45) is 5.73 Å². The standard InChI is InChI=1S/C11H12N2/c1-8-2-3-9(7-12)6-10(8)11(13)4-5-11/h2-3,6H,4-5,13H2,1H3. The molecule has 0 unspecified atom stereocenters. The van der Waals surface area contributed by atoms with Crippen LogP contribution in [0.1, 0.15) is 29.5 Å². The highest BCUT2D eigenvalue weighted by atomic mass is 14.8. The molecule has 0 saturated heterocycles. The quantitative estimate of drug-likeness (QED) is 0.702. The molecule has 1 fully saturated rings. The summed E-state index contributed by atoms with van der Waals surface area (Å²) in [6.07, 6.45) is 2.09. The number of aryl methyl sites for hydroxylation is 1. The summed E-state index contributed by atoms with van der Waals surface area (Å²) in [5, 5.41) is 8.75. The van der Waals surface area contributed by atoms with Crippen molar-refractivity contribution >= 4 is 0 Å². The number of hydrogen-bond donors (Lipinski definition) is 1. The Balaban J connectivity index is 2.50. The van der Waals surface area contributed by atoms with Crippen LogP contribution in [-0.2, 0) is 5.54 Å². The van der Waals surface area contributed by atoms with Gasteiger partial charge < -0.3 is 5.73 Å². The first kappa shape index (κ1) is 8.28. The molecule has 0 spiro atoms. The van der Waals surface area contributed by atoms with E-state index in [1.165, 1.54) is 5.56 Å². The van der Waals surface area contributed by atoms with Gasteiger partial charge in [0, 0.05) is 5.54 Å². The van der Waals surface area contributed by atoms with Gasteiger partial charge in [-0.05, 0) is 43.0 Å². The fourth-order valence-corrected chi connectivity index (χ4v) is 1.63. The number of rotatable bonds is 1. The molecule has 13 heavy (non-hydrogen) atoms. The summed E-state index contributed by atoms with van der Waals surface area (Å²) in [6, 6.07) is 7.87. The Bertz CT molecular complexity index is 384. The van der Waals surface area contributed by atoms with Crippen molar-refractivity contribution in [2.45, 2.75) is 25.3 Å². The van der Waals surface area contributed by atoms with Crippen molar-refractivity contribution in [1.82, 2.24) is 0 Å². The lowest BCUT2D eigenvalue weighted by atomic mass is 9.98. The van der Waals surface area contributed by atoms with Gasteiger partial charge in [-0.2, -0.15) is 5.26 Å². The molecular formula is C11H12N2. The summed E-state index contributed by atoms with van der Waals surface area (Å²) in [7, 11) is 0. The average Bonchev–Trinajstić information content (AvgIpc) is 2.86. The number of hydrogen-bond acceptors (Lipinski definition) is 2. The van der Waals surface area contributed by atoms with Crippen LogP contribution in [0.5, 0.6) is 0 Å². The Labute approximate surface area is 78.0 Å². The largest absolute Gasteiger partial charge is 0.321 e. The summed E-state index contributed by atoms with van der Waals surface area (Å²) < 4.78 is 0. The Morgan fingerprint density at radius 3 is 2.69 bits per heavy atom. The van der Waals surface area contributed by atoms with Crippen LogP contribution in [0.25, 0.3) is 0 Å². The van der Waals surface area contributed by atoms with E-state index in [0.717, 1.165) is 18.4 Å². The minimum atomic E-state index is -0.128. The van der Waals surface area contributed by atoms with Gasteiger partial charge in [-0.15, -0.1) is 0 Å². The van der Waals surface area contributed by atoms with Crippen molar-refractivity contribution in [1.29, 1.82) is 5.26 Å². The van der Waals surface area contributed by atoms with Gasteiger partial charge >= 0.3 is 0 Å². The zero-order chi connectivity index (χ0) is 9.47. The second-order valence-electron chi connectivity index (χ2n) is 3.80. The highest BCUT2D eigenvalue weighted by molar-refractivity contribution is 5.43. The fraction of sp³-hybridized carbons (Fsp3) is 0.364. The van der Waals surface area contributed by atoms with Crippen LogP contribution in [0, 0.1) is 18.3 Å². The van der Waals surface area contributed by atoms with E-state index >= 15 is 0 Å². The third kappa shape index (κ3) is 1.32. The zero-order valence-corrected chi connectivity index (χ0v) is 7.67. The minimum Gasteiger partial charge on any atom is -0.321 e. The van der Waals surface area contributed by atoms with Gasteiger partial charge in [-0.1, -0.05) is 6.07 Å². The summed E-state index contributed by atoms with van der Waals surface area (Å²) in [5.41, 5.74) is 9.00. The number of nitriles is 1. The maximum absolute atomic E-state index is 8.75. The molecule has 0 bridgehead atoms. The molecule has 1 aliphatic rings. The number of benzene rings is 1. The van der Waals surface area contributed by atoms with Crippen LogP contribution in [-0.4, -0.2) is 0 Å². The van der Waals surface area contributed by atoms with E-state index in [4.69, 9.17) is 11.0 Å². The molecular weight excluding hydrogens is 160 g/mol. The Hall–Kier alpha value is -1.33. The second-order valence-corrected chi connectivity index (χ2v) is 3.80. The van der Waals surface area contributed by atoms with Crippen molar-refractivity contribution in [3.8, 4) is 6.07 Å². The predicted octanol–water partition coefficient (Wildman–Crippen LogP) is 1.81. The van der Waals surface area contributed by atoms with Crippen LogP contribution in [0.2, 0.25) is 0 Å². The molecule has 1 aliphatic carbocycles. The van der Waals surface area contributed by atoms with E-state index in [1.807, 2.05) is 25.1 Å². The SMILES string of the molecule is Cc1ccc(C#N)cc1C1(N)CC1. The number of nitrogens with two attached hydrogens (primary N) is 1. The predicted molar refractivity (Wildman–Crippen MR) is 51.0 cm³/mol. The number of nitrogens with zero attached hydrogens (tertiary/aromatic N) is 1. The molecule has 1 saturated carbocycles.